The average Bonchev–Trinajstić information content (AvgIpc) is 2.94. The number of aromatic nitrogens is 2. The Morgan fingerprint density at radius 1 is 1.21 bits per heavy atom. The fraction of sp³-hybridized carbons (Fsp3) is 0.385. The van der Waals surface area contributed by atoms with E-state index < -0.39 is 6.10 Å². The molecule has 1 aromatic carbocycles. The largest absolute Gasteiger partial charge is 0.497 e. The van der Waals surface area contributed by atoms with E-state index in [1.165, 1.54) is 11.5 Å². The van der Waals surface area contributed by atoms with Crippen molar-refractivity contribution in [2.75, 3.05) is 14.2 Å². The van der Waals surface area contributed by atoms with E-state index in [1.807, 2.05) is 6.92 Å². The number of nitrogens with zero attached hydrogens (tertiary/aromatic N) is 2. The lowest BCUT2D eigenvalue weighted by Crippen LogP contribution is -2.02. The number of methoxy groups -OCH3 is 2. The van der Waals surface area contributed by atoms with Gasteiger partial charge in [0, 0.05) is 6.07 Å². The van der Waals surface area contributed by atoms with E-state index in [9.17, 15) is 5.11 Å². The molecule has 0 saturated heterocycles. The Kier molecular flexibility index (Phi) is 4.34. The highest BCUT2D eigenvalue weighted by Crippen LogP contribution is 2.32. The van der Waals surface area contributed by atoms with Crippen LogP contribution in [0.3, 0.4) is 0 Å². The van der Waals surface area contributed by atoms with Crippen molar-refractivity contribution in [3.63, 3.8) is 0 Å². The number of aliphatic hydroxyl groups is 1. The standard InChI is InChI=1S/C13H16N2O3S/c1-4-11-13(19-15-14-11)12(16)8-5-9(17-2)7-10(6-8)18-3/h5-7,12,16H,4H2,1-3H3. The van der Waals surface area contributed by atoms with Crippen molar-refractivity contribution in [3.05, 3.63) is 34.3 Å². The summed E-state index contributed by atoms with van der Waals surface area (Å²) in [5.74, 6) is 1.29. The molecule has 0 aliphatic carbocycles. The molecule has 1 unspecified atom stereocenters. The lowest BCUT2D eigenvalue weighted by Gasteiger charge is -2.13. The monoisotopic (exact) mass is 280 g/mol. The van der Waals surface area contributed by atoms with Crippen LogP contribution in [0.25, 0.3) is 0 Å². The van der Waals surface area contributed by atoms with Gasteiger partial charge < -0.3 is 14.6 Å². The van der Waals surface area contributed by atoms with E-state index >= 15 is 0 Å². The summed E-state index contributed by atoms with van der Waals surface area (Å²) in [6.45, 7) is 1.99. The van der Waals surface area contributed by atoms with Crippen LogP contribution in [0.4, 0.5) is 0 Å². The van der Waals surface area contributed by atoms with Crippen molar-refractivity contribution >= 4 is 11.5 Å². The Bertz CT molecular complexity index is 534. The van der Waals surface area contributed by atoms with Crippen LogP contribution >= 0.6 is 11.5 Å². The quantitative estimate of drug-likeness (QED) is 0.909. The molecule has 1 heterocycles. The average molecular weight is 280 g/mol. The van der Waals surface area contributed by atoms with E-state index in [4.69, 9.17) is 9.47 Å². The summed E-state index contributed by atoms with van der Waals surface area (Å²) in [5.41, 5.74) is 1.52. The van der Waals surface area contributed by atoms with Crippen molar-refractivity contribution in [1.29, 1.82) is 0 Å². The van der Waals surface area contributed by atoms with Gasteiger partial charge in [-0.3, -0.25) is 0 Å². The lowest BCUT2D eigenvalue weighted by molar-refractivity contribution is 0.221. The Morgan fingerprint density at radius 2 is 1.84 bits per heavy atom. The van der Waals surface area contributed by atoms with Crippen LogP contribution in [0.15, 0.2) is 18.2 Å². The summed E-state index contributed by atoms with van der Waals surface area (Å²) in [6.07, 6.45) is -0.0248. The topological polar surface area (TPSA) is 64.5 Å². The van der Waals surface area contributed by atoms with E-state index in [0.29, 0.717) is 17.1 Å². The second-order valence-electron chi connectivity index (χ2n) is 3.99. The molecule has 1 N–H and O–H groups in total. The van der Waals surface area contributed by atoms with Crippen LogP contribution in [0.1, 0.15) is 29.2 Å². The molecular formula is C13H16N2O3S. The van der Waals surface area contributed by atoms with Crippen molar-refractivity contribution in [3.8, 4) is 11.5 Å². The molecule has 0 radical (unpaired) electrons. The van der Waals surface area contributed by atoms with Gasteiger partial charge in [0.05, 0.1) is 24.8 Å². The highest BCUT2D eigenvalue weighted by atomic mass is 32.1. The first-order valence-electron chi connectivity index (χ1n) is 5.91. The summed E-state index contributed by atoms with van der Waals surface area (Å²) in [6, 6.07) is 5.33. The minimum Gasteiger partial charge on any atom is -0.497 e. The van der Waals surface area contributed by atoms with Crippen molar-refractivity contribution in [2.45, 2.75) is 19.4 Å². The molecule has 6 heteroatoms. The van der Waals surface area contributed by atoms with Gasteiger partial charge >= 0.3 is 0 Å². The first-order chi connectivity index (χ1) is 9.19. The van der Waals surface area contributed by atoms with Crippen molar-refractivity contribution in [1.82, 2.24) is 9.59 Å². The number of hydrogen-bond acceptors (Lipinski definition) is 6. The minimum atomic E-state index is -0.765. The lowest BCUT2D eigenvalue weighted by atomic mass is 10.1. The number of benzene rings is 1. The summed E-state index contributed by atoms with van der Waals surface area (Å²) in [7, 11) is 3.16. The van der Waals surface area contributed by atoms with Crippen LogP contribution in [0, 0.1) is 0 Å². The molecule has 0 spiro atoms. The third kappa shape index (κ3) is 2.85. The SMILES string of the molecule is CCc1nnsc1C(O)c1cc(OC)cc(OC)c1. The summed E-state index contributed by atoms with van der Waals surface area (Å²) in [4.78, 5) is 0.762. The first kappa shape index (κ1) is 13.8. The van der Waals surface area contributed by atoms with E-state index in [1.54, 1.807) is 32.4 Å². The Hall–Kier alpha value is -1.66. The number of aliphatic hydroxyl groups excluding tert-OH is 1. The highest BCUT2D eigenvalue weighted by Gasteiger charge is 2.19. The first-order valence-corrected chi connectivity index (χ1v) is 6.69. The molecular weight excluding hydrogens is 264 g/mol. The summed E-state index contributed by atoms with van der Waals surface area (Å²) >= 11 is 1.21. The molecule has 0 amide bonds. The van der Waals surface area contributed by atoms with Gasteiger partial charge in [0.25, 0.3) is 0 Å². The van der Waals surface area contributed by atoms with E-state index in [-0.39, 0.29) is 0 Å². The zero-order chi connectivity index (χ0) is 13.8. The van der Waals surface area contributed by atoms with Gasteiger partial charge in [0.1, 0.15) is 17.6 Å². The van der Waals surface area contributed by atoms with Crippen LogP contribution in [0.5, 0.6) is 11.5 Å². The number of aryl methyl sites for hydroxylation is 1. The zero-order valence-corrected chi connectivity index (χ0v) is 11.9. The molecule has 0 fully saturated rings. The molecule has 1 atom stereocenters. The fourth-order valence-corrected chi connectivity index (χ4v) is 2.56. The van der Waals surface area contributed by atoms with Crippen LogP contribution < -0.4 is 9.47 Å². The van der Waals surface area contributed by atoms with Gasteiger partial charge in [-0.2, -0.15) is 0 Å². The molecule has 2 aromatic rings. The predicted molar refractivity (Wildman–Crippen MR) is 72.9 cm³/mol. The predicted octanol–water partition coefficient (Wildman–Crippen LogP) is 2.20. The fourth-order valence-electron chi connectivity index (χ4n) is 1.81. The maximum Gasteiger partial charge on any atom is 0.122 e. The van der Waals surface area contributed by atoms with E-state index in [2.05, 4.69) is 9.59 Å². The molecule has 0 saturated carbocycles. The Balaban J connectivity index is 2.40. The Labute approximate surface area is 116 Å². The summed E-state index contributed by atoms with van der Waals surface area (Å²) in [5, 5.41) is 14.5. The number of hydrogen-bond donors (Lipinski definition) is 1. The maximum absolute atomic E-state index is 10.5. The van der Waals surface area contributed by atoms with Gasteiger partial charge in [0.15, 0.2) is 0 Å². The molecule has 0 bridgehead atoms. The van der Waals surface area contributed by atoms with Gasteiger partial charge in [-0.05, 0) is 35.6 Å². The third-order valence-corrected chi connectivity index (χ3v) is 3.68. The van der Waals surface area contributed by atoms with Crippen LogP contribution in [-0.2, 0) is 6.42 Å². The molecule has 5 nitrogen and oxygen atoms in total. The van der Waals surface area contributed by atoms with Gasteiger partial charge in [-0.25, -0.2) is 0 Å². The maximum atomic E-state index is 10.5. The van der Waals surface area contributed by atoms with Crippen LogP contribution in [0.2, 0.25) is 0 Å². The molecule has 0 aliphatic rings. The number of rotatable bonds is 5. The molecule has 0 aliphatic heterocycles. The smallest absolute Gasteiger partial charge is 0.122 e. The van der Waals surface area contributed by atoms with Gasteiger partial charge in [-0.15, -0.1) is 5.10 Å². The second-order valence-corrected chi connectivity index (χ2v) is 4.77. The zero-order valence-electron chi connectivity index (χ0n) is 11.1. The highest BCUT2D eigenvalue weighted by molar-refractivity contribution is 7.05. The normalized spacial score (nSPS) is 12.2. The van der Waals surface area contributed by atoms with Crippen molar-refractivity contribution < 1.29 is 14.6 Å². The molecule has 19 heavy (non-hydrogen) atoms. The third-order valence-electron chi connectivity index (χ3n) is 2.86. The molecule has 2 rings (SSSR count). The molecule has 1 aromatic heterocycles. The van der Waals surface area contributed by atoms with E-state index in [0.717, 1.165) is 17.0 Å². The number of ether oxygens (including phenoxy) is 2. The second kappa shape index (κ2) is 5.99. The molecule has 102 valence electrons. The minimum absolute atomic E-state index is 0.643. The Morgan fingerprint density at radius 3 is 2.37 bits per heavy atom. The van der Waals surface area contributed by atoms with Crippen LogP contribution in [-0.4, -0.2) is 28.9 Å². The van der Waals surface area contributed by atoms with Crippen molar-refractivity contribution in [2.24, 2.45) is 0 Å². The van der Waals surface area contributed by atoms with Gasteiger partial charge in [0.2, 0.25) is 0 Å². The van der Waals surface area contributed by atoms with Gasteiger partial charge in [-0.1, -0.05) is 11.4 Å². The summed E-state index contributed by atoms with van der Waals surface area (Å²) < 4.78 is 14.3.